The van der Waals surface area contributed by atoms with E-state index in [1.807, 2.05) is 0 Å². The fourth-order valence-corrected chi connectivity index (χ4v) is 5.45. The largest absolute Gasteiger partial charge is 0.600 e. The Balaban J connectivity index is 1.53. The van der Waals surface area contributed by atoms with Gasteiger partial charge in [0.1, 0.15) is 11.8 Å². The molecule has 0 radical (unpaired) electrons. The van der Waals surface area contributed by atoms with Gasteiger partial charge in [0.05, 0.1) is 31.5 Å². The maximum atomic E-state index is 12.9. The summed E-state index contributed by atoms with van der Waals surface area (Å²) in [5, 5.41) is 20.4. The molecule has 24 heavy (non-hydrogen) atoms. The molecule has 0 aromatic carbocycles. The molecule has 3 rings (SSSR count). The van der Waals surface area contributed by atoms with Gasteiger partial charge in [-0.25, -0.2) is 10.4 Å². The normalized spacial score (nSPS) is 37.1. The minimum Gasteiger partial charge on any atom is -0.600 e. The molecule has 3 aliphatic rings. The van der Waals surface area contributed by atoms with E-state index in [0.29, 0.717) is 17.6 Å². The van der Waals surface area contributed by atoms with E-state index in [9.17, 15) is 15.2 Å². The quantitative estimate of drug-likeness (QED) is 0.648. The number of likely N-dealkylation sites (tertiary alicyclic amines) is 1. The number of hydroxylamine groups is 2. The summed E-state index contributed by atoms with van der Waals surface area (Å²) in [4.78, 5) is 14.4. The Kier molecular flexibility index (Phi) is 6.67. The Hall–Kier alpha value is -0.490. The second-order valence-electron chi connectivity index (χ2n) is 8.47. The number of hydrogen-bond donors (Lipinski definition) is 3. The molecule has 5 unspecified atom stereocenters. The lowest BCUT2D eigenvalue weighted by molar-refractivity contribution is -1.07. The summed E-state index contributed by atoms with van der Waals surface area (Å²) in [6.45, 7) is 3.04. The van der Waals surface area contributed by atoms with Crippen molar-refractivity contribution in [3.8, 4) is 0 Å². The van der Waals surface area contributed by atoms with Crippen LogP contribution in [0.5, 0.6) is 0 Å². The maximum absolute atomic E-state index is 12.9. The average molecular weight is 340 g/mol. The molecule has 0 bridgehead atoms. The predicted molar refractivity (Wildman–Crippen MR) is 91.7 cm³/mol. The van der Waals surface area contributed by atoms with Crippen LogP contribution in [0.25, 0.3) is 0 Å². The van der Waals surface area contributed by atoms with Crippen LogP contribution < -0.4 is 10.1 Å². The summed E-state index contributed by atoms with van der Waals surface area (Å²) in [6.07, 6.45) is 12.3. The smallest absolute Gasteiger partial charge is 0.144 e. The highest BCUT2D eigenvalue weighted by atomic mass is 16.8. The van der Waals surface area contributed by atoms with Gasteiger partial charge in [-0.15, -0.1) is 0 Å². The van der Waals surface area contributed by atoms with Gasteiger partial charge in [-0.1, -0.05) is 25.7 Å². The van der Waals surface area contributed by atoms with Crippen LogP contribution >= 0.6 is 0 Å². The van der Waals surface area contributed by atoms with Gasteiger partial charge in [0.15, 0.2) is 0 Å². The number of hydrogen-bond acceptors (Lipinski definition) is 3. The first-order valence-corrected chi connectivity index (χ1v) is 10.2. The van der Waals surface area contributed by atoms with E-state index >= 15 is 0 Å². The highest BCUT2D eigenvalue weighted by Crippen LogP contribution is 2.28. The van der Waals surface area contributed by atoms with Gasteiger partial charge in [-0.2, -0.15) is 0 Å². The van der Waals surface area contributed by atoms with E-state index in [2.05, 4.69) is 0 Å². The molecule has 1 aliphatic heterocycles. The molecule has 0 spiro atoms. The van der Waals surface area contributed by atoms with Crippen LogP contribution in [0, 0.1) is 23.0 Å². The van der Waals surface area contributed by atoms with E-state index in [1.54, 1.807) is 0 Å². The molecule has 5 heteroatoms. The third kappa shape index (κ3) is 4.57. The molecule has 3 fully saturated rings. The summed E-state index contributed by atoms with van der Waals surface area (Å²) in [7, 11) is 0. The number of carbonyl (C=O) groups is 1. The van der Waals surface area contributed by atoms with Crippen molar-refractivity contribution < 1.29 is 20.1 Å². The summed E-state index contributed by atoms with van der Waals surface area (Å²) in [5.74, 6) is 1.41. The molecule has 0 aromatic rings. The van der Waals surface area contributed by atoms with Gasteiger partial charge < -0.3 is 10.1 Å². The molecule has 0 amide bonds. The monoisotopic (exact) mass is 339 g/mol. The molecule has 2 saturated carbocycles. The summed E-state index contributed by atoms with van der Waals surface area (Å²) < 4.78 is 0. The van der Waals surface area contributed by atoms with Crippen molar-refractivity contribution in [2.45, 2.75) is 76.7 Å². The first kappa shape index (κ1) is 18.3. The van der Waals surface area contributed by atoms with Gasteiger partial charge in [-0.3, -0.25) is 4.79 Å². The molecule has 5 nitrogen and oxygen atoms in total. The van der Waals surface area contributed by atoms with Crippen LogP contribution in [-0.2, 0) is 4.79 Å². The Morgan fingerprint density at radius 2 is 1.62 bits per heavy atom. The molecule has 1 saturated heterocycles. The van der Waals surface area contributed by atoms with Gasteiger partial charge in [0.25, 0.3) is 0 Å². The number of piperidine rings is 1. The second kappa shape index (κ2) is 8.75. The summed E-state index contributed by atoms with van der Waals surface area (Å²) >= 11 is 0. The number of Topliss-reactive ketones (excluding diaryl/α,β-unsaturated/α-hetero) is 1. The Morgan fingerprint density at radius 1 is 0.958 bits per heavy atom. The third-order valence-corrected chi connectivity index (χ3v) is 6.81. The van der Waals surface area contributed by atoms with Gasteiger partial charge in [-0.05, 0) is 38.5 Å². The average Bonchev–Trinajstić information content (AvgIpc) is 2.62. The highest BCUT2D eigenvalue weighted by molar-refractivity contribution is 5.83. The van der Waals surface area contributed by atoms with E-state index < -0.39 is 5.23 Å². The molecular formula is C19H35N2O3+. The first-order chi connectivity index (χ1) is 11.6. The lowest BCUT2D eigenvalue weighted by atomic mass is 9.78. The van der Waals surface area contributed by atoms with Crippen molar-refractivity contribution in [2.24, 2.45) is 17.8 Å². The number of nitrogens with one attached hydrogen (secondary N) is 2. The second-order valence-corrected chi connectivity index (χ2v) is 8.47. The van der Waals surface area contributed by atoms with Crippen molar-refractivity contribution in [2.75, 3.05) is 19.6 Å². The first-order valence-electron chi connectivity index (χ1n) is 10.2. The number of carbonyl (C=O) groups excluding carboxylic acids is 1. The van der Waals surface area contributed by atoms with Gasteiger partial charge in [0.2, 0.25) is 0 Å². The topological polar surface area (TPSA) is 69.2 Å². The fraction of sp³-hybridized carbons (Fsp3) is 0.947. The molecule has 3 N–H and O–H groups in total. The number of quaternary nitrogens is 2. The Bertz CT molecular complexity index is 409. The zero-order valence-corrected chi connectivity index (χ0v) is 15.0. The fourth-order valence-electron chi connectivity index (χ4n) is 5.45. The van der Waals surface area contributed by atoms with E-state index in [1.165, 1.54) is 30.6 Å². The van der Waals surface area contributed by atoms with Crippen LogP contribution in [0.4, 0.5) is 0 Å². The minimum atomic E-state index is -0.606. The summed E-state index contributed by atoms with van der Waals surface area (Å²) in [6, 6.07) is -0.152. The van der Waals surface area contributed by atoms with Crippen molar-refractivity contribution in [3.05, 3.63) is 5.21 Å². The maximum Gasteiger partial charge on any atom is 0.144 e. The van der Waals surface area contributed by atoms with Crippen molar-refractivity contribution in [3.63, 3.8) is 0 Å². The van der Waals surface area contributed by atoms with Crippen LogP contribution in [0.15, 0.2) is 0 Å². The predicted octanol–water partition coefficient (Wildman–Crippen LogP) is 0.761. The minimum absolute atomic E-state index is 0.152. The zero-order valence-electron chi connectivity index (χ0n) is 15.0. The van der Waals surface area contributed by atoms with Gasteiger partial charge >= 0.3 is 0 Å². The molecule has 1 heterocycles. The molecular weight excluding hydrogens is 304 g/mol. The van der Waals surface area contributed by atoms with E-state index in [0.717, 1.165) is 64.6 Å². The van der Waals surface area contributed by atoms with Crippen LogP contribution in [0.2, 0.25) is 0 Å². The molecule has 5 atom stereocenters. The molecule has 0 aromatic heterocycles. The van der Waals surface area contributed by atoms with Crippen molar-refractivity contribution >= 4 is 5.78 Å². The zero-order chi connectivity index (χ0) is 16.9. The number of ketones is 1. The van der Waals surface area contributed by atoms with Crippen LogP contribution in [0.1, 0.15) is 70.6 Å². The standard InChI is InChI=1S/C19H34N2O3/c22-19(15-7-2-1-3-8-15)17-10-6-12-20(14-17)13-16-9-4-5-11-18(16)21(23)24/h15-18,21,23H,1-14H2/p+1. The van der Waals surface area contributed by atoms with E-state index in [4.69, 9.17) is 0 Å². The highest BCUT2D eigenvalue weighted by Gasteiger charge is 2.37. The Morgan fingerprint density at radius 3 is 2.38 bits per heavy atom. The van der Waals surface area contributed by atoms with Crippen molar-refractivity contribution in [1.29, 1.82) is 0 Å². The Labute approximate surface area is 145 Å². The van der Waals surface area contributed by atoms with Crippen molar-refractivity contribution in [1.82, 2.24) is 0 Å². The van der Waals surface area contributed by atoms with Crippen LogP contribution in [0.3, 0.4) is 0 Å². The third-order valence-electron chi connectivity index (χ3n) is 6.81. The summed E-state index contributed by atoms with van der Waals surface area (Å²) in [5.41, 5.74) is 0. The SMILES string of the molecule is O=C(C1CCCCC1)C1CCC[NH+](CC2CCCCC2[NH+]([O-])O)C1. The number of rotatable bonds is 5. The lowest BCUT2D eigenvalue weighted by Crippen LogP contribution is -3.16. The van der Waals surface area contributed by atoms with E-state index in [-0.39, 0.29) is 12.0 Å². The van der Waals surface area contributed by atoms with Gasteiger partial charge in [0, 0.05) is 12.3 Å². The van der Waals surface area contributed by atoms with Crippen LogP contribution in [-0.4, -0.2) is 36.7 Å². The lowest BCUT2D eigenvalue weighted by Gasteiger charge is -2.38. The molecule has 2 aliphatic carbocycles. The molecule has 138 valence electrons.